The van der Waals surface area contributed by atoms with Gasteiger partial charge in [-0.25, -0.2) is 0 Å². The first-order chi connectivity index (χ1) is 25.8. The van der Waals surface area contributed by atoms with Gasteiger partial charge in [-0.15, -0.1) is 0 Å². The van der Waals surface area contributed by atoms with Crippen molar-refractivity contribution in [3.8, 4) is 44.8 Å². The zero-order valence-corrected chi connectivity index (χ0v) is 28.1. The average molecular weight is 660 g/mol. The van der Waals surface area contributed by atoms with Gasteiger partial charge in [0.05, 0.1) is 33.3 Å². The van der Waals surface area contributed by atoms with Crippen molar-refractivity contribution in [3.05, 3.63) is 176 Å². The highest BCUT2D eigenvalue weighted by Gasteiger charge is 2.25. The van der Waals surface area contributed by atoms with Crippen molar-refractivity contribution in [1.29, 1.82) is 0 Å². The molecule has 3 aromatic heterocycles. The van der Waals surface area contributed by atoms with Gasteiger partial charge in [0.2, 0.25) is 0 Å². The Bertz CT molecular complexity index is 3260. The largest absolute Gasteiger partial charge is 0.309 e. The molecule has 3 nitrogen and oxygen atoms in total. The Labute approximate surface area is 299 Å². The quantitative estimate of drug-likeness (QED) is 0.185. The van der Waals surface area contributed by atoms with Crippen LogP contribution in [0.5, 0.6) is 0 Å². The number of rotatable bonds is 3. The predicted octanol–water partition coefficient (Wildman–Crippen LogP) is 12.9. The van der Waals surface area contributed by atoms with Crippen LogP contribution in [0.15, 0.2) is 176 Å². The molecule has 1 aliphatic rings. The van der Waals surface area contributed by atoms with Gasteiger partial charge in [-0.1, -0.05) is 115 Å². The van der Waals surface area contributed by atoms with Gasteiger partial charge in [0.1, 0.15) is 0 Å². The maximum absolute atomic E-state index is 5.03. The van der Waals surface area contributed by atoms with Crippen LogP contribution in [-0.4, -0.2) is 14.1 Å². The Morgan fingerprint density at radius 2 is 1.02 bits per heavy atom. The molecule has 0 amide bonds. The standard InChI is InChI=1S/C49H29N3/c1-2-11-33(12-3-1)51-44-23-19-32(29-42(44)40-21-18-30-10-4-5-13-34(30)49(40)51)31-20-24-45-41(28-31)37-16-8-9-17-43(37)52(45)46-25-22-38-35-14-6-7-15-36(35)39-26-27-50-48(46)47(38)39/h1-29H. The number of fused-ring (bicyclic) bond motifs is 11. The summed E-state index contributed by atoms with van der Waals surface area (Å²) in [6.45, 7) is 0. The van der Waals surface area contributed by atoms with E-state index in [0.717, 1.165) is 11.2 Å². The number of benzene rings is 8. The van der Waals surface area contributed by atoms with E-state index in [1.165, 1.54) is 98.8 Å². The number of hydrogen-bond acceptors (Lipinski definition) is 1. The fourth-order valence-corrected chi connectivity index (χ4v) is 9.05. The lowest BCUT2D eigenvalue weighted by Gasteiger charge is -2.12. The lowest BCUT2D eigenvalue weighted by molar-refractivity contribution is 1.18. The van der Waals surface area contributed by atoms with Crippen LogP contribution >= 0.6 is 0 Å². The van der Waals surface area contributed by atoms with E-state index in [2.05, 4.69) is 179 Å². The van der Waals surface area contributed by atoms with Crippen LogP contribution in [0.4, 0.5) is 0 Å². The topological polar surface area (TPSA) is 22.8 Å². The molecule has 0 fully saturated rings. The Morgan fingerprint density at radius 1 is 0.385 bits per heavy atom. The maximum Gasteiger partial charge on any atom is 0.0954 e. The number of aromatic nitrogens is 3. The van der Waals surface area contributed by atoms with Crippen molar-refractivity contribution in [3.63, 3.8) is 0 Å². The van der Waals surface area contributed by atoms with Crippen LogP contribution < -0.4 is 0 Å². The lowest BCUT2D eigenvalue weighted by atomic mass is 10.00. The molecule has 0 atom stereocenters. The van der Waals surface area contributed by atoms with Crippen molar-refractivity contribution in [2.75, 3.05) is 0 Å². The molecule has 0 saturated carbocycles. The van der Waals surface area contributed by atoms with E-state index < -0.39 is 0 Å². The van der Waals surface area contributed by atoms with Crippen LogP contribution in [0.1, 0.15) is 0 Å². The van der Waals surface area contributed by atoms with Gasteiger partial charge in [0, 0.05) is 44.2 Å². The van der Waals surface area contributed by atoms with Gasteiger partial charge in [0.25, 0.3) is 0 Å². The molecular formula is C49H29N3. The lowest BCUT2D eigenvalue weighted by Crippen LogP contribution is -1.97. The van der Waals surface area contributed by atoms with Gasteiger partial charge in [-0.2, -0.15) is 0 Å². The highest BCUT2D eigenvalue weighted by atomic mass is 15.0. The Morgan fingerprint density at radius 3 is 1.83 bits per heavy atom. The highest BCUT2D eigenvalue weighted by molar-refractivity contribution is 6.20. The molecule has 0 unspecified atom stereocenters. The Balaban J connectivity index is 1.08. The van der Waals surface area contributed by atoms with E-state index in [0.29, 0.717) is 0 Å². The minimum Gasteiger partial charge on any atom is -0.309 e. The molecular weight excluding hydrogens is 631 g/mol. The molecule has 0 saturated heterocycles. The fourth-order valence-electron chi connectivity index (χ4n) is 9.05. The summed E-state index contributed by atoms with van der Waals surface area (Å²) in [5.74, 6) is 0. The third-order valence-electron chi connectivity index (χ3n) is 11.3. The minimum atomic E-state index is 1.03. The number of pyridine rings is 1. The first-order valence-electron chi connectivity index (χ1n) is 17.9. The average Bonchev–Trinajstić information content (AvgIpc) is 3.85. The van der Waals surface area contributed by atoms with Crippen LogP contribution in [0, 0.1) is 0 Å². The van der Waals surface area contributed by atoms with Gasteiger partial charge in [-0.3, -0.25) is 4.98 Å². The molecule has 52 heavy (non-hydrogen) atoms. The molecule has 0 N–H and O–H groups in total. The molecule has 0 spiro atoms. The Kier molecular flexibility index (Phi) is 5.50. The van der Waals surface area contributed by atoms with E-state index in [1.807, 2.05) is 6.20 Å². The highest BCUT2D eigenvalue weighted by Crippen LogP contribution is 2.48. The summed E-state index contributed by atoms with van der Waals surface area (Å²) < 4.78 is 4.84. The zero-order chi connectivity index (χ0) is 33.9. The molecule has 0 aliphatic heterocycles. The summed E-state index contributed by atoms with van der Waals surface area (Å²) in [7, 11) is 0. The summed E-state index contributed by atoms with van der Waals surface area (Å²) in [6.07, 6.45) is 1.97. The van der Waals surface area contributed by atoms with Crippen LogP contribution in [-0.2, 0) is 0 Å². The fraction of sp³-hybridized carbons (Fsp3) is 0. The van der Waals surface area contributed by atoms with Gasteiger partial charge < -0.3 is 9.13 Å². The zero-order valence-electron chi connectivity index (χ0n) is 28.1. The molecule has 0 radical (unpaired) electrons. The molecule has 0 bridgehead atoms. The van der Waals surface area contributed by atoms with Gasteiger partial charge >= 0.3 is 0 Å². The van der Waals surface area contributed by atoms with E-state index >= 15 is 0 Å². The monoisotopic (exact) mass is 659 g/mol. The molecule has 12 rings (SSSR count). The van der Waals surface area contributed by atoms with Crippen molar-refractivity contribution in [2.24, 2.45) is 0 Å². The second-order valence-corrected chi connectivity index (χ2v) is 13.9. The van der Waals surface area contributed by atoms with E-state index in [9.17, 15) is 0 Å². The third kappa shape index (κ3) is 3.66. The number of para-hydroxylation sites is 2. The molecule has 11 aromatic rings. The minimum absolute atomic E-state index is 1.03. The van der Waals surface area contributed by atoms with Crippen molar-refractivity contribution in [1.82, 2.24) is 14.1 Å². The predicted molar refractivity (Wildman–Crippen MR) is 218 cm³/mol. The number of hydrogen-bond donors (Lipinski definition) is 0. The first kappa shape index (κ1) is 27.8. The molecule has 8 aromatic carbocycles. The van der Waals surface area contributed by atoms with Crippen molar-refractivity contribution >= 4 is 65.3 Å². The summed E-state index contributed by atoms with van der Waals surface area (Å²) in [6, 6.07) is 62.1. The van der Waals surface area contributed by atoms with E-state index in [1.54, 1.807) is 0 Å². The molecule has 3 heterocycles. The molecule has 1 aliphatic carbocycles. The normalized spacial score (nSPS) is 12.2. The van der Waals surface area contributed by atoms with E-state index in [4.69, 9.17) is 4.98 Å². The van der Waals surface area contributed by atoms with Crippen LogP contribution in [0.2, 0.25) is 0 Å². The second-order valence-electron chi connectivity index (χ2n) is 13.9. The van der Waals surface area contributed by atoms with Gasteiger partial charge in [-0.05, 0) is 93.4 Å². The first-order valence-corrected chi connectivity index (χ1v) is 17.9. The van der Waals surface area contributed by atoms with Gasteiger partial charge in [0.15, 0.2) is 0 Å². The summed E-state index contributed by atoms with van der Waals surface area (Å²) in [5, 5.41) is 8.73. The third-order valence-corrected chi connectivity index (χ3v) is 11.3. The summed E-state index contributed by atoms with van der Waals surface area (Å²) in [5.41, 5.74) is 15.6. The molecule has 3 heteroatoms. The SMILES string of the molecule is c1ccc(-n2c3ccc(-c4ccc5c(c4)c4ccccc4n5-c4ccc5c6c(ccnc46)-c4ccccc4-5)cc3c3ccc4ccccc4c32)cc1. The second kappa shape index (κ2) is 10.3. The van der Waals surface area contributed by atoms with E-state index in [-0.39, 0.29) is 0 Å². The van der Waals surface area contributed by atoms with Crippen molar-refractivity contribution in [2.45, 2.75) is 0 Å². The number of nitrogens with zero attached hydrogens (tertiary/aromatic N) is 3. The molecule has 240 valence electrons. The van der Waals surface area contributed by atoms with Crippen LogP contribution in [0.25, 0.3) is 110 Å². The van der Waals surface area contributed by atoms with Crippen LogP contribution in [0.3, 0.4) is 0 Å². The summed E-state index contributed by atoms with van der Waals surface area (Å²) >= 11 is 0. The summed E-state index contributed by atoms with van der Waals surface area (Å²) in [4.78, 5) is 5.03. The van der Waals surface area contributed by atoms with Crippen molar-refractivity contribution < 1.29 is 0 Å². The Hall–Kier alpha value is -6.97. The smallest absolute Gasteiger partial charge is 0.0954 e. The maximum atomic E-state index is 5.03.